The molecule has 1 aliphatic heterocycles. The number of carboxylic acids is 1. The van der Waals surface area contributed by atoms with Crippen LogP contribution in [0.4, 0.5) is 9.93 Å². The van der Waals surface area contributed by atoms with Crippen LogP contribution >= 0.6 is 11.3 Å². The van der Waals surface area contributed by atoms with Gasteiger partial charge in [0.2, 0.25) is 0 Å². The molecule has 2 amide bonds. The van der Waals surface area contributed by atoms with Crippen LogP contribution in [0.2, 0.25) is 0 Å². The summed E-state index contributed by atoms with van der Waals surface area (Å²) in [6, 6.07) is 14.9. The molecule has 0 saturated carbocycles. The maximum atomic E-state index is 12.7. The lowest BCUT2D eigenvalue weighted by molar-refractivity contribution is -0.141. The Hall–Kier alpha value is -3.76. The van der Waals surface area contributed by atoms with E-state index in [-0.39, 0.29) is 35.5 Å². The minimum absolute atomic E-state index is 0.0231. The molecule has 174 valence electrons. The van der Waals surface area contributed by atoms with Crippen molar-refractivity contribution in [3.05, 3.63) is 70.7 Å². The second-order valence-electron chi connectivity index (χ2n) is 8.18. The van der Waals surface area contributed by atoms with Gasteiger partial charge >= 0.3 is 12.1 Å². The van der Waals surface area contributed by atoms with E-state index in [0.717, 1.165) is 38.5 Å². The summed E-state index contributed by atoms with van der Waals surface area (Å²) in [7, 11) is 0. The van der Waals surface area contributed by atoms with E-state index < -0.39 is 30.1 Å². The molecule has 1 aromatic heterocycles. The molecule has 1 fully saturated rings. The van der Waals surface area contributed by atoms with Crippen LogP contribution < -0.4 is 5.32 Å². The fourth-order valence-electron chi connectivity index (χ4n) is 4.57. The van der Waals surface area contributed by atoms with Crippen molar-refractivity contribution in [2.45, 2.75) is 24.5 Å². The maximum Gasteiger partial charge on any atom is 0.413 e. The highest BCUT2D eigenvalue weighted by Crippen LogP contribution is 2.44. The summed E-state index contributed by atoms with van der Waals surface area (Å²) in [4.78, 5) is 41.9. The van der Waals surface area contributed by atoms with E-state index in [1.54, 1.807) is 0 Å². The molecule has 0 bridgehead atoms. The smallest absolute Gasteiger partial charge is 0.413 e. The fraction of sp³-hybridized carbons (Fsp3) is 0.250. The van der Waals surface area contributed by atoms with Crippen LogP contribution in [0.3, 0.4) is 0 Å². The molecule has 2 atom stereocenters. The van der Waals surface area contributed by atoms with Crippen molar-refractivity contribution in [3.8, 4) is 11.1 Å². The third-order valence-corrected chi connectivity index (χ3v) is 6.99. The Morgan fingerprint density at radius 3 is 2.38 bits per heavy atom. The monoisotopic (exact) mass is 479 g/mol. The van der Waals surface area contributed by atoms with Crippen molar-refractivity contribution >= 4 is 34.4 Å². The first kappa shape index (κ1) is 22.1. The van der Waals surface area contributed by atoms with Crippen LogP contribution in [0.15, 0.2) is 54.7 Å². The van der Waals surface area contributed by atoms with Gasteiger partial charge in [0, 0.05) is 18.9 Å². The highest BCUT2D eigenvalue weighted by atomic mass is 32.1. The summed E-state index contributed by atoms with van der Waals surface area (Å²) in [5.74, 6) is -1.81. The van der Waals surface area contributed by atoms with Gasteiger partial charge in [-0.15, -0.1) is 0 Å². The Kier molecular flexibility index (Phi) is 5.76. The Labute approximate surface area is 198 Å². The van der Waals surface area contributed by atoms with E-state index in [2.05, 4.69) is 22.4 Å². The maximum absolute atomic E-state index is 12.7. The summed E-state index contributed by atoms with van der Waals surface area (Å²) in [6.07, 6.45) is -0.341. The van der Waals surface area contributed by atoms with Gasteiger partial charge in [-0.3, -0.25) is 10.1 Å². The molecular formula is C24H21N3O6S. The molecule has 10 heteroatoms. The van der Waals surface area contributed by atoms with Gasteiger partial charge in [-0.2, -0.15) is 0 Å². The number of hydrogen-bond donors (Lipinski definition) is 3. The SMILES string of the molecule is O=C(Nc1ncc(C(=O)N2C[C@H](O)C[C@@H]2C(=O)O)s1)OCC1c2ccccc2-c2ccccc21. The molecule has 5 rings (SSSR count). The molecule has 3 N–H and O–H groups in total. The second-order valence-corrected chi connectivity index (χ2v) is 9.21. The number of fused-ring (bicyclic) bond motifs is 3. The third-order valence-electron chi connectivity index (χ3n) is 6.09. The number of aliphatic hydroxyl groups excluding tert-OH is 1. The molecule has 2 aliphatic rings. The number of carbonyl (C=O) groups excluding carboxylic acids is 2. The van der Waals surface area contributed by atoms with Crippen LogP contribution in [0, 0.1) is 0 Å². The molecule has 9 nitrogen and oxygen atoms in total. The van der Waals surface area contributed by atoms with Crippen LogP contribution in [0.25, 0.3) is 11.1 Å². The number of aliphatic hydroxyl groups is 1. The number of aliphatic carboxylic acids is 1. The number of benzene rings is 2. The minimum Gasteiger partial charge on any atom is -0.480 e. The Bertz CT molecular complexity index is 1230. The third kappa shape index (κ3) is 4.02. The number of thiazole rings is 1. The van der Waals surface area contributed by atoms with Gasteiger partial charge < -0.3 is 19.8 Å². The highest BCUT2D eigenvalue weighted by Gasteiger charge is 2.40. The van der Waals surface area contributed by atoms with Crippen LogP contribution in [0.1, 0.15) is 33.1 Å². The van der Waals surface area contributed by atoms with E-state index in [0.29, 0.717) is 0 Å². The van der Waals surface area contributed by atoms with Gasteiger partial charge in [-0.1, -0.05) is 59.9 Å². The number of anilines is 1. The van der Waals surface area contributed by atoms with E-state index in [1.807, 2.05) is 36.4 Å². The number of carboxylic acid groups (broad SMARTS) is 1. The Balaban J connectivity index is 1.23. The van der Waals surface area contributed by atoms with Crippen molar-refractivity contribution in [2.75, 3.05) is 18.5 Å². The molecule has 3 aromatic rings. The largest absolute Gasteiger partial charge is 0.480 e. The molecule has 0 radical (unpaired) electrons. The lowest BCUT2D eigenvalue weighted by Gasteiger charge is -2.19. The van der Waals surface area contributed by atoms with Crippen molar-refractivity contribution in [1.29, 1.82) is 0 Å². The number of amides is 2. The zero-order valence-corrected chi connectivity index (χ0v) is 18.7. The van der Waals surface area contributed by atoms with Crippen molar-refractivity contribution in [3.63, 3.8) is 0 Å². The first-order valence-corrected chi connectivity index (χ1v) is 11.5. The molecule has 2 heterocycles. The van der Waals surface area contributed by atoms with Gasteiger partial charge in [-0.25, -0.2) is 14.6 Å². The summed E-state index contributed by atoms with van der Waals surface area (Å²) in [6.45, 7) is 0.0752. The molecule has 2 aromatic carbocycles. The number of aromatic nitrogens is 1. The van der Waals surface area contributed by atoms with Crippen molar-refractivity contribution in [1.82, 2.24) is 9.88 Å². The number of ether oxygens (including phenoxy) is 1. The lowest BCUT2D eigenvalue weighted by Crippen LogP contribution is -2.40. The normalized spacial score (nSPS) is 18.9. The van der Waals surface area contributed by atoms with Crippen molar-refractivity contribution < 1.29 is 29.3 Å². The average molecular weight is 480 g/mol. The average Bonchev–Trinajstić information content (AvgIpc) is 3.53. The molecular weight excluding hydrogens is 458 g/mol. The number of rotatable bonds is 5. The number of β-amino-alcohol motifs (C(OH)–C–C–N with tert-alkyl or cyclic N) is 1. The predicted molar refractivity (Wildman–Crippen MR) is 124 cm³/mol. The topological polar surface area (TPSA) is 129 Å². The van der Waals surface area contributed by atoms with E-state index in [4.69, 9.17) is 4.74 Å². The van der Waals surface area contributed by atoms with E-state index in [1.165, 1.54) is 6.20 Å². The number of nitrogens with zero attached hydrogens (tertiary/aromatic N) is 2. The van der Waals surface area contributed by atoms with E-state index in [9.17, 15) is 24.6 Å². The molecule has 1 aliphatic carbocycles. The summed E-state index contributed by atoms with van der Waals surface area (Å²) >= 11 is 0.918. The number of carbonyl (C=O) groups is 3. The zero-order chi connectivity index (χ0) is 23.8. The number of hydrogen-bond acceptors (Lipinski definition) is 7. The van der Waals surface area contributed by atoms with Crippen LogP contribution in [-0.4, -0.2) is 63.4 Å². The first-order chi connectivity index (χ1) is 16.4. The standard InChI is InChI=1S/C24H21N3O6S/c28-13-9-19(22(30)31)27(11-13)21(29)20-10-25-23(34-20)26-24(32)33-12-18-16-7-3-1-5-14(16)15-6-2-4-8-17(15)18/h1-8,10,13,18-19,28H,9,11-12H2,(H,30,31)(H,25,26,32)/t13-,19-/m1/s1. The fourth-order valence-corrected chi connectivity index (χ4v) is 5.32. The highest BCUT2D eigenvalue weighted by molar-refractivity contribution is 7.17. The minimum atomic E-state index is -1.17. The van der Waals surface area contributed by atoms with Gasteiger partial charge in [0.1, 0.15) is 17.5 Å². The first-order valence-electron chi connectivity index (χ1n) is 10.7. The zero-order valence-electron chi connectivity index (χ0n) is 17.9. The lowest BCUT2D eigenvalue weighted by atomic mass is 9.98. The Morgan fingerprint density at radius 1 is 1.09 bits per heavy atom. The van der Waals surface area contributed by atoms with Gasteiger partial charge in [0.25, 0.3) is 5.91 Å². The van der Waals surface area contributed by atoms with E-state index >= 15 is 0 Å². The number of likely N-dealkylation sites (tertiary alicyclic amines) is 1. The van der Waals surface area contributed by atoms with Gasteiger partial charge in [0.15, 0.2) is 5.13 Å². The molecule has 0 unspecified atom stereocenters. The Morgan fingerprint density at radius 2 is 1.74 bits per heavy atom. The summed E-state index contributed by atoms with van der Waals surface area (Å²) < 4.78 is 5.49. The predicted octanol–water partition coefficient (Wildman–Crippen LogP) is 3.16. The van der Waals surface area contributed by atoms with Gasteiger partial charge in [-0.05, 0) is 22.3 Å². The van der Waals surface area contributed by atoms with Crippen molar-refractivity contribution in [2.24, 2.45) is 0 Å². The quantitative estimate of drug-likeness (QED) is 0.513. The molecule has 1 saturated heterocycles. The van der Waals surface area contributed by atoms with Crippen LogP contribution in [0.5, 0.6) is 0 Å². The molecule has 34 heavy (non-hydrogen) atoms. The summed E-state index contributed by atoms with van der Waals surface area (Å²) in [5, 5.41) is 21.8. The van der Waals surface area contributed by atoms with Gasteiger partial charge in [0.05, 0.1) is 12.3 Å². The summed E-state index contributed by atoms with van der Waals surface area (Å²) in [5.41, 5.74) is 4.45. The van der Waals surface area contributed by atoms with Crippen LogP contribution in [-0.2, 0) is 9.53 Å². The molecule has 0 spiro atoms. The number of nitrogens with one attached hydrogen (secondary N) is 1. The second kappa shape index (κ2) is 8.88.